The fourth-order valence-electron chi connectivity index (χ4n) is 3.02. The number of amides is 1. The number of sulfonamides is 1. The van der Waals surface area contributed by atoms with Crippen LogP contribution < -0.4 is 15.7 Å². The van der Waals surface area contributed by atoms with Crippen LogP contribution in [0.15, 0.2) is 64.5 Å². The van der Waals surface area contributed by atoms with E-state index < -0.39 is 27.3 Å². The molecule has 2 N–H and O–H groups in total. The lowest BCUT2D eigenvalue weighted by Crippen LogP contribution is -2.33. The Morgan fingerprint density at radius 3 is 2.47 bits per heavy atom. The molecule has 0 saturated heterocycles. The third kappa shape index (κ3) is 3.99. The lowest BCUT2D eigenvalue weighted by molar-refractivity contribution is 0.101. The lowest BCUT2D eigenvalue weighted by atomic mass is 10.2. The lowest BCUT2D eigenvalue weighted by Gasteiger charge is -2.10. The largest absolute Gasteiger partial charge is 0.281 e. The van der Waals surface area contributed by atoms with Crippen molar-refractivity contribution in [3.8, 4) is 0 Å². The number of anilines is 1. The van der Waals surface area contributed by atoms with Crippen molar-refractivity contribution in [1.82, 2.24) is 9.66 Å². The second-order valence-electron chi connectivity index (χ2n) is 6.93. The number of aromatic nitrogens is 2. The highest BCUT2D eigenvalue weighted by molar-refractivity contribution is 7.92. The van der Waals surface area contributed by atoms with E-state index >= 15 is 0 Å². The van der Waals surface area contributed by atoms with Crippen molar-refractivity contribution in [3.63, 3.8) is 0 Å². The van der Waals surface area contributed by atoms with E-state index in [1.165, 1.54) is 60.1 Å². The smallest absolute Gasteiger partial charge is 0.277 e. The van der Waals surface area contributed by atoms with E-state index in [4.69, 9.17) is 0 Å². The molecule has 0 radical (unpaired) electrons. The van der Waals surface area contributed by atoms with Crippen LogP contribution in [-0.2, 0) is 10.0 Å². The van der Waals surface area contributed by atoms with Gasteiger partial charge in [-0.2, -0.15) is 0 Å². The molecule has 0 unspecified atom stereocenters. The first-order valence-electron chi connectivity index (χ1n) is 9.33. The molecule has 164 valence electrons. The van der Waals surface area contributed by atoms with Crippen LogP contribution in [-0.4, -0.2) is 24.0 Å². The average Bonchev–Trinajstić information content (AvgIpc) is 3.06. The number of hydrogen-bond acceptors (Lipinski definition) is 6. The molecule has 4 rings (SSSR count). The molecule has 0 aliphatic rings. The van der Waals surface area contributed by atoms with Crippen molar-refractivity contribution in [2.45, 2.75) is 18.7 Å². The molecule has 0 aliphatic heterocycles. The summed E-state index contributed by atoms with van der Waals surface area (Å²) in [6.07, 6.45) is 1.23. The maximum Gasteiger partial charge on any atom is 0.281 e. The molecule has 0 aliphatic carbocycles. The Bertz CT molecular complexity index is 1510. The van der Waals surface area contributed by atoms with E-state index in [9.17, 15) is 22.4 Å². The molecule has 2 aromatic carbocycles. The number of thiophene rings is 1. The number of carbonyl (C=O) groups excluding carboxylic acids is 1. The Kier molecular flexibility index (Phi) is 5.53. The molecule has 1 amide bonds. The van der Waals surface area contributed by atoms with E-state index in [1.54, 1.807) is 0 Å². The Labute approximate surface area is 186 Å². The fourth-order valence-corrected chi connectivity index (χ4v) is 5.08. The number of halogens is 1. The van der Waals surface area contributed by atoms with E-state index in [1.807, 2.05) is 13.8 Å². The maximum absolute atomic E-state index is 13.8. The molecule has 0 atom stereocenters. The van der Waals surface area contributed by atoms with Gasteiger partial charge in [-0.3, -0.25) is 19.7 Å². The van der Waals surface area contributed by atoms with Crippen molar-refractivity contribution < 1.29 is 17.6 Å². The van der Waals surface area contributed by atoms with E-state index in [-0.39, 0.29) is 16.1 Å². The number of para-hydroxylation sites is 1. The van der Waals surface area contributed by atoms with E-state index in [2.05, 4.69) is 15.1 Å². The van der Waals surface area contributed by atoms with Gasteiger partial charge in [0.25, 0.3) is 21.5 Å². The molecule has 2 heterocycles. The molecule has 32 heavy (non-hydrogen) atoms. The number of benzene rings is 2. The summed E-state index contributed by atoms with van der Waals surface area (Å²) in [5.74, 6) is -1.33. The van der Waals surface area contributed by atoms with Gasteiger partial charge in [-0.25, -0.2) is 22.5 Å². The van der Waals surface area contributed by atoms with Gasteiger partial charge in [-0.15, -0.1) is 11.3 Å². The SMILES string of the molecule is Cc1sc2ncn(NC(=O)c3ccc(S(=O)(=O)Nc4ccccc4F)cc3)c(=O)c2c1C. The topological polar surface area (TPSA) is 110 Å². The van der Waals surface area contributed by atoms with Crippen LogP contribution in [0.2, 0.25) is 0 Å². The number of carbonyl (C=O) groups is 1. The average molecular weight is 473 g/mol. The summed E-state index contributed by atoms with van der Waals surface area (Å²) < 4.78 is 41.9. The zero-order chi connectivity index (χ0) is 23.0. The molecule has 4 aromatic rings. The molecular weight excluding hydrogens is 455 g/mol. The molecular formula is C21H17FN4O4S2. The Morgan fingerprint density at radius 1 is 1.09 bits per heavy atom. The van der Waals surface area contributed by atoms with Crippen LogP contribution in [0, 0.1) is 19.7 Å². The van der Waals surface area contributed by atoms with E-state index in [0.29, 0.717) is 10.2 Å². The Balaban J connectivity index is 1.56. The first-order chi connectivity index (χ1) is 15.2. The van der Waals surface area contributed by atoms with Crippen LogP contribution in [0.3, 0.4) is 0 Å². The zero-order valence-corrected chi connectivity index (χ0v) is 18.6. The molecule has 2 aromatic heterocycles. The molecule has 0 saturated carbocycles. The third-order valence-electron chi connectivity index (χ3n) is 4.86. The summed E-state index contributed by atoms with van der Waals surface area (Å²) in [7, 11) is -4.06. The third-order valence-corrected chi connectivity index (χ3v) is 7.35. The highest BCUT2D eigenvalue weighted by Gasteiger charge is 2.18. The van der Waals surface area contributed by atoms with Crippen molar-refractivity contribution >= 4 is 43.2 Å². The number of nitrogens with one attached hydrogen (secondary N) is 2. The second-order valence-corrected chi connectivity index (χ2v) is 9.82. The number of fused-ring (bicyclic) bond motifs is 1. The van der Waals surface area contributed by atoms with Crippen molar-refractivity contribution in [1.29, 1.82) is 0 Å². The van der Waals surface area contributed by atoms with Crippen molar-refractivity contribution in [2.75, 3.05) is 10.1 Å². The summed E-state index contributed by atoms with van der Waals surface area (Å²) in [5, 5.41) is 0.441. The normalized spacial score (nSPS) is 11.5. The van der Waals surface area contributed by atoms with Gasteiger partial charge in [0, 0.05) is 10.4 Å². The fraction of sp³-hybridized carbons (Fsp3) is 0.0952. The molecule has 8 nitrogen and oxygen atoms in total. The van der Waals surface area contributed by atoms with Crippen LogP contribution >= 0.6 is 11.3 Å². The summed E-state index contributed by atoms with van der Waals surface area (Å²) >= 11 is 1.40. The van der Waals surface area contributed by atoms with E-state index in [0.717, 1.165) is 21.2 Å². The minimum Gasteiger partial charge on any atom is -0.277 e. The maximum atomic E-state index is 13.8. The van der Waals surface area contributed by atoms with Crippen molar-refractivity contribution in [2.24, 2.45) is 0 Å². The standard InChI is InChI=1S/C21H17FN4O4S2/c1-12-13(2)31-20-18(12)21(28)26(11-23-20)24-19(27)14-7-9-15(10-8-14)32(29,30)25-17-6-4-3-5-16(17)22/h3-11,25H,1-2H3,(H,24,27). The Morgan fingerprint density at radius 2 is 1.78 bits per heavy atom. The highest BCUT2D eigenvalue weighted by atomic mass is 32.2. The quantitative estimate of drug-likeness (QED) is 0.463. The van der Waals surface area contributed by atoms with Gasteiger partial charge in [-0.05, 0) is 55.8 Å². The molecule has 0 bridgehead atoms. The summed E-state index contributed by atoms with van der Waals surface area (Å²) in [6.45, 7) is 3.71. The summed E-state index contributed by atoms with van der Waals surface area (Å²) in [4.78, 5) is 30.9. The minimum absolute atomic E-state index is 0.125. The monoisotopic (exact) mass is 472 g/mol. The predicted octanol–water partition coefficient (Wildman–Crippen LogP) is 3.40. The molecule has 0 fully saturated rings. The molecule has 11 heteroatoms. The van der Waals surface area contributed by atoms with Gasteiger partial charge in [-0.1, -0.05) is 12.1 Å². The van der Waals surface area contributed by atoms with Gasteiger partial charge in [0.15, 0.2) is 0 Å². The first-order valence-corrected chi connectivity index (χ1v) is 11.6. The Hall–Kier alpha value is -3.57. The molecule has 0 spiro atoms. The predicted molar refractivity (Wildman–Crippen MR) is 121 cm³/mol. The number of nitrogens with zero attached hydrogens (tertiary/aromatic N) is 2. The number of aryl methyl sites for hydroxylation is 2. The van der Waals surface area contributed by atoms with Gasteiger partial charge in [0.1, 0.15) is 17.0 Å². The van der Waals surface area contributed by atoms with Crippen LogP contribution in [0.25, 0.3) is 10.2 Å². The van der Waals surface area contributed by atoms with Crippen LogP contribution in [0.5, 0.6) is 0 Å². The van der Waals surface area contributed by atoms with Gasteiger partial charge in [0.2, 0.25) is 0 Å². The van der Waals surface area contributed by atoms with Gasteiger partial charge in [0.05, 0.1) is 16.0 Å². The van der Waals surface area contributed by atoms with Crippen LogP contribution in [0.4, 0.5) is 10.1 Å². The second kappa shape index (κ2) is 8.17. The van der Waals surface area contributed by atoms with Gasteiger partial charge >= 0.3 is 0 Å². The summed E-state index contributed by atoms with van der Waals surface area (Å²) in [5.41, 5.74) is 2.80. The number of rotatable bonds is 5. The van der Waals surface area contributed by atoms with Crippen molar-refractivity contribution in [3.05, 3.63) is 87.0 Å². The summed E-state index contributed by atoms with van der Waals surface area (Å²) in [6, 6.07) is 10.4. The number of hydrogen-bond donors (Lipinski definition) is 2. The first kappa shape index (κ1) is 21.7. The van der Waals surface area contributed by atoms with Gasteiger partial charge < -0.3 is 0 Å². The minimum atomic E-state index is -4.06. The highest BCUT2D eigenvalue weighted by Crippen LogP contribution is 2.25. The zero-order valence-electron chi connectivity index (χ0n) is 16.9. The van der Waals surface area contributed by atoms with Crippen LogP contribution in [0.1, 0.15) is 20.8 Å².